The molecule has 0 spiro atoms. The number of rotatable bonds is 4. The number of carbonyl (C=O) groups is 1. The average molecular weight is 445 g/mol. The lowest BCUT2D eigenvalue weighted by molar-refractivity contribution is -0.0228. The van der Waals surface area contributed by atoms with Crippen molar-refractivity contribution < 1.29 is 18.3 Å². The summed E-state index contributed by atoms with van der Waals surface area (Å²) >= 11 is 0. The van der Waals surface area contributed by atoms with E-state index in [1.54, 1.807) is 6.20 Å². The minimum atomic E-state index is -2.82. The summed E-state index contributed by atoms with van der Waals surface area (Å²) in [5.41, 5.74) is -0.438. The van der Waals surface area contributed by atoms with Crippen molar-refractivity contribution >= 4 is 23.1 Å². The summed E-state index contributed by atoms with van der Waals surface area (Å²) < 4.78 is 35.8. The summed E-state index contributed by atoms with van der Waals surface area (Å²) in [7, 11) is 0. The van der Waals surface area contributed by atoms with Crippen LogP contribution in [0, 0.1) is 0 Å². The summed E-state index contributed by atoms with van der Waals surface area (Å²) in [5, 5.41) is 10.7. The van der Waals surface area contributed by atoms with Crippen molar-refractivity contribution in [2.75, 3.05) is 23.4 Å². The van der Waals surface area contributed by atoms with E-state index in [0.29, 0.717) is 12.3 Å². The second kappa shape index (κ2) is 7.51. The number of anilines is 2. The molecule has 2 bridgehead atoms. The third-order valence-corrected chi connectivity index (χ3v) is 5.97. The zero-order chi connectivity index (χ0) is 22.6. The highest BCUT2D eigenvalue weighted by atomic mass is 19.3. The maximum Gasteiger partial charge on any atom is 0.284 e. The molecule has 32 heavy (non-hydrogen) atoms. The molecule has 6 heterocycles. The largest absolute Gasteiger partial charge is 0.374 e. The Morgan fingerprint density at radius 1 is 1.31 bits per heavy atom. The van der Waals surface area contributed by atoms with Gasteiger partial charge in [0.2, 0.25) is 0 Å². The fourth-order valence-corrected chi connectivity index (χ4v) is 4.19. The van der Waals surface area contributed by atoms with E-state index in [9.17, 15) is 13.6 Å². The molecule has 1 amide bonds. The van der Waals surface area contributed by atoms with Crippen molar-refractivity contribution in [2.24, 2.45) is 0 Å². The first-order chi connectivity index (χ1) is 15.2. The molecule has 2 atom stereocenters. The first-order valence-corrected chi connectivity index (χ1v) is 10.6. The zero-order valence-corrected chi connectivity index (χ0v) is 18.1. The van der Waals surface area contributed by atoms with Crippen molar-refractivity contribution in [3.05, 3.63) is 35.9 Å². The van der Waals surface area contributed by atoms with E-state index in [2.05, 4.69) is 25.4 Å². The molecule has 3 fully saturated rings. The number of carbonyl (C=O) groups excluding carboxylic acids is 1. The molecule has 3 aliphatic heterocycles. The summed E-state index contributed by atoms with van der Waals surface area (Å²) in [4.78, 5) is 19.9. The number of fused-ring (bicyclic) bond motifs is 4. The van der Waals surface area contributed by atoms with Crippen molar-refractivity contribution in [1.29, 1.82) is 0 Å². The van der Waals surface area contributed by atoms with Gasteiger partial charge < -0.3 is 15.0 Å². The molecule has 0 saturated carbocycles. The van der Waals surface area contributed by atoms with Gasteiger partial charge in [-0.3, -0.25) is 9.48 Å². The lowest BCUT2D eigenvalue weighted by Crippen LogP contribution is -2.54. The van der Waals surface area contributed by atoms with Gasteiger partial charge in [0.15, 0.2) is 11.3 Å². The lowest BCUT2D eigenvalue weighted by atomic mass is 9.97. The zero-order valence-electron chi connectivity index (χ0n) is 18.1. The third-order valence-electron chi connectivity index (χ3n) is 5.97. The van der Waals surface area contributed by atoms with E-state index in [0.717, 1.165) is 25.2 Å². The Labute approximate surface area is 183 Å². The highest BCUT2D eigenvalue weighted by Crippen LogP contribution is 2.31. The fraction of sp³-hybridized carbons (Fsp3) is 0.524. The number of hydrogen-bond donors (Lipinski definition) is 1. The van der Waals surface area contributed by atoms with E-state index < -0.39 is 23.6 Å². The van der Waals surface area contributed by atoms with Crippen molar-refractivity contribution in [3.8, 4) is 0 Å². The van der Waals surface area contributed by atoms with Gasteiger partial charge >= 0.3 is 0 Å². The van der Waals surface area contributed by atoms with Gasteiger partial charge in [-0.05, 0) is 39.7 Å². The summed E-state index contributed by atoms with van der Waals surface area (Å²) in [5.74, 6) is 0.183. The second-order valence-corrected chi connectivity index (χ2v) is 9.25. The van der Waals surface area contributed by atoms with Crippen LogP contribution in [0.3, 0.4) is 0 Å². The van der Waals surface area contributed by atoms with Gasteiger partial charge in [-0.2, -0.15) is 10.2 Å². The molecule has 3 aliphatic rings. The third kappa shape index (κ3) is 3.60. The molecule has 0 aliphatic carbocycles. The summed E-state index contributed by atoms with van der Waals surface area (Å²) in [6.45, 7) is 6.95. The molecule has 2 unspecified atom stereocenters. The molecule has 9 nitrogen and oxygen atoms in total. The van der Waals surface area contributed by atoms with E-state index in [4.69, 9.17) is 4.74 Å². The summed E-state index contributed by atoms with van der Waals surface area (Å²) in [6.07, 6.45) is 4.02. The fourth-order valence-electron chi connectivity index (χ4n) is 4.19. The predicted octanol–water partition coefficient (Wildman–Crippen LogP) is 3.24. The SMILES string of the molecule is CC(C)(C)n1cc(NC(=O)c2cnn3ccc(N4CC5CCC4CO5)nc23)c(C(F)F)n1. The van der Waals surface area contributed by atoms with E-state index >= 15 is 0 Å². The van der Waals surface area contributed by atoms with Gasteiger partial charge in [-0.15, -0.1) is 0 Å². The smallest absolute Gasteiger partial charge is 0.284 e. The predicted molar refractivity (Wildman–Crippen MR) is 113 cm³/mol. The lowest BCUT2D eigenvalue weighted by Gasteiger charge is -2.45. The van der Waals surface area contributed by atoms with Crippen LogP contribution in [-0.4, -0.2) is 55.6 Å². The van der Waals surface area contributed by atoms with Crippen LogP contribution in [0.5, 0.6) is 0 Å². The van der Waals surface area contributed by atoms with Crippen molar-refractivity contribution in [2.45, 2.75) is 57.7 Å². The van der Waals surface area contributed by atoms with Gasteiger partial charge in [0.25, 0.3) is 12.3 Å². The molecule has 3 aromatic heterocycles. The molecule has 0 radical (unpaired) electrons. The maximum absolute atomic E-state index is 13.5. The van der Waals surface area contributed by atoms with Crippen LogP contribution in [0.15, 0.2) is 24.7 Å². The molecule has 1 N–H and O–H groups in total. The molecule has 3 saturated heterocycles. The van der Waals surface area contributed by atoms with Crippen LogP contribution in [0.25, 0.3) is 5.65 Å². The molecule has 170 valence electrons. The number of aromatic nitrogens is 5. The van der Waals surface area contributed by atoms with Crippen LogP contribution in [0.1, 0.15) is 56.1 Å². The van der Waals surface area contributed by atoms with Crippen LogP contribution < -0.4 is 10.2 Å². The topological polar surface area (TPSA) is 89.6 Å². The highest BCUT2D eigenvalue weighted by Gasteiger charge is 2.35. The van der Waals surface area contributed by atoms with Crippen molar-refractivity contribution in [1.82, 2.24) is 24.4 Å². The Morgan fingerprint density at radius 2 is 2.12 bits per heavy atom. The van der Waals surface area contributed by atoms with Crippen LogP contribution in [0.2, 0.25) is 0 Å². The monoisotopic (exact) mass is 445 g/mol. The molecule has 6 rings (SSSR count). The van der Waals surface area contributed by atoms with E-state index in [1.807, 2.05) is 26.8 Å². The van der Waals surface area contributed by atoms with Gasteiger partial charge in [-0.1, -0.05) is 0 Å². The Bertz CT molecular complexity index is 1160. The minimum Gasteiger partial charge on any atom is -0.374 e. The first kappa shape index (κ1) is 20.8. The molecular formula is C21H25F2N7O2. The highest BCUT2D eigenvalue weighted by molar-refractivity contribution is 6.08. The van der Waals surface area contributed by atoms with Gasteiger partial charge in [-0.25, -0.2) is 18.3 Å². The maximum atomic E-state index is 13.5. The van der Waals surface area contributed by atoms with Crippen molar-refractivity contribution in [3.63, 3.8) is 0 Å². The van der Waals surface area contributed by atoms with Crippen LogP contribution in [-0.2, 0) is 10.3 Å². The molecule has 11 heteroatoms. The number of hydrogen-bond acceptors (Lipinski definition) is 6. The normalized spacial score (nSPS) is 21.0. The van der Waals surface area contributed by atoms with Gasteiger partial charge in [0, 0.05) is 18.9 Å². The number of alkyl halides is 2. The number of halogens is 2. The van der Waals surface area contributed by atoms with Crippen LogP contribution >= 0.6 is 0 Å². The average Bonchev–Trinajstić information content (AvgIpc) is 3.38. The number of nitrogens with one attached hydrogen (secondary N) is 1. The Balaban J connectivity index is 1.45. The summed E-state index contributed by atoms with van der Waals surface area (Å²) in [6, 6.07) is 2.12. The second-order valence-electron chi connectivity index (χ2n) is 9.25. The van der Waals surface area contributed by atoms with Crippen LogP contribution in [0.4, 0.5) is 20.3 Å². The van der Waals surface area contributed by atoms with Gasteiger partial charge in [0.05, 0.1) is 36.2 Å². The quantitative estimate of drug-likeness (QED) is 0.663. The molecular weight excluding hydrogens is 420 g/mol. The Hall–Kier alpha value is -3.08. The number of piperidine rings is 1. The number of nitrogens with zero attached hydrogens (tertiary/aromatic N) is 6. The standard InChI is InChI=1S/C21H25F2N7O2/c1-21(2,3)30-10-15(17(27-30)18(22)23)25-20(31)14-8-24-29-7-6-16(26-19(14)29)28-9-13-5-4-12(28)11-32-13/h6-8,10,12-13,18H,4-5,9,11H2,1-3H3,(H,25,31). The Morgan fingerprint density at radius 3 is 2.75 bits per heavy atom. The number of ether oxygens (including phenoxy) is 1. The Kier molecular flexibility index (Phi) is 4.88. The number of amides is 1. The minimum absolute atomic E-state index is 0.0269. The van der Waals surface area contributed by atoms with Gasteiger partial charge in [0.1, 0.15) is 11.4 Å². The number of morpholine rings is 1. The molecule has 3 aromatic rings. The first-order valence-electron chi connectivity index (χ1n) is 10.6. The molecule has 0 aromatic carbocycles. The van der Waals surface area contributed by atoms with E-state index in [-0.39, 0.29) is 23.4 Å². The van der Waals surface area contributed by atoms with E-state index in [1.165, 1.54) is 21.6 Å².